The standard InChI is InChI=1S/C9H4BrCl2F3O/c10-6-2-4(9(13,14)15)1-5(8(6)12)7(16)3-11/h1-2H,3H2. The van der Waals surface area contributed by atoms with Crippen molar-refractivity contribution in [2.75, 3.05) is 5.88 Å². The van der Waals surface area contributed by atoms with E-state index in [4.69, 9.17) is 23.2 Å². The average Bonchev–Trinajstić information content (AvgIpc) is 2.19. The minimum atomic E-state index is -4.53. The molecular formula is C9H4BrCl2F3O. The lowest BCUT2D eigenvalue weighted by Crippen LogP contribution is -2.09. The maximum Gasteiger partial charge on any atom is 0.416 e. The third kappa shape index (κ3) is 2.90. The van der Waals surface area contributed by atoms with E-state index in [0.717, 1.165) is 6.07 Å². The lowest BCUT2D eigenvalue weighted by Gasteiger charge is -2.10. The maximum absolute atomic E-state index is 12.4. The van der Waals surface area contributed by atoms with Crippen molar-refractivity contribution in [2.24, 2.45) is 0 Å². The molecule has 0 aromatic heterocycles. The van der Waals surface area contributed by atoms with Crippen LogP contribution in [0.2, 0.25) is 5.02 Å². The van der Waals surface area contributed by atoms with Crippen LogP contribution < -0.4 is 0 Å². The van der Waals surface area contributed by atoms with E-state index < -0.39 is 23.4 Å². The number of alkyl halides is 4. The van der Waals surface area contributed by atoms with Crippen LogP contribution >= 0.6 is 39.1 Å². The van der Waals surface area contributed by atoms with Gasteiger partial charge in [0.25, 0.3) is 0 Å². The molecule has 0 fully saturated rings. The summed E-state index contributed by atoms with van der Waals surface area (Å²) in [6.07, 6.45) is -4.53. The van der Waals surface area contributed by atoms with E-state index in [1.807, 2.05) is 0 Å². The average molecular weight is 336 g/mol. The molecule has 0 atom stereocenters. The Balaban J connectivity index is 3.39. The van der Waals surface area contributed by atoms with Gasteiger partial charge in [0.15, 0.2) is 5.78 Å². The van der Waals surface area contributed by atoms with Gasteiger partial charge < -0.3 is 0 Å². The molecule has 7 heteroatoms. The largest absolute Gasteiger partial charge is 0.416 e. The van der Waals surface area contributed by atoms with E-state index in [1.165, 1.54) is 0 Å². The zero-order chi connectivity index (χ0) is 12.5. The molecule has 16 heavy (non-hydrogen) atoms. The summed E-state index contributed by atoms with van der Waals surface area (Å²) in [6, 6.07) is 1.51. The fourth-order valence-corrected chi connectivity index (χ4v) is 1.85. The van der Waals surface area contributed by atoms with Gasteiger partial charge in [-0.05, 0) is 28.1 Å². The summed E-state index contributed by atoms with van der Waals surface area (Å²) >= 11 is 13.8. The van der Waals surface area contributed by atoms with Gasteiger partial charge in [-0.2, -0.15) is 13.2 Å². The highest BCUT2D eigenvalue weighted by atomic mass is 79.9. The van der Waals surface area contributed by atoms with Crippen molar-refractivity contribution in [3.8, 4) is 0 Å². The SMILES string of the molecule is O=C(CCl)c1cc(C(F)(F)F)cc(Br)c1Cl. The van der Waals surface area contributed by atoms with Crippen LogP contribution in [0, 0.1) is 0 Å². The number of carbonyl (C=O) groups excluding carboxylic acids is 1. The fraction of sp³-hybridized carbons (Fsp3) is 0.222. The number of ketones is 1. The molecule has 0 saturated heterocycles. The molecular weight excluding hydrogens is 332 g/mol. The summed E-state index contributed by atoms with van der Waals surface area (Å²) in [6.45, 7) is 0. The number of rotatable bonds is 2. The van der Waals surface area contributed by atoms with Gasteiger partial charge >= 0.3 is 6.18 Å². The van der Waals surface area contributed by atoms with E-state index >= 15 is 0 Å². The Bertz CT molecular complexity index is 431. The first-order valence-electron chi connectivity index (χ1n) is 3.92. The summed E-state index contributed by atoms with van der Waals surface area (Å²) in [5, 5.41) is -0.0707. The van der Waals surface area contributed by atoms with Crippen molar-refractivity contribution in [3.05, 3.63) is 32.8 Å². The van der Waals surface area contributed by atoms with Crippen LogP contribution in [0.5, 0.6) is 0 Å². The molecule has 88 valence electrons. The molecule has 1 nitrogen and oxygen atoms in total. The topological polar surface area (TPSA) is 17.1 Å². The lowest BCUT2D eigenvalue weighted by atomic mass is 10.1. The van der Waals surface area contributed by atoms with Gasteiger partial charge in [-0.25, -0.2) is 0 Å². The highest BCUT2D eigenvalue weighted by Crippen LogP contribution is 2.36. The highest BCUT2D eigenvalue weighted by molar-refractivity contribution is 9.10. The number of hydrogen-bond donors (Lipinski definition) is 0. The van der Waals surface area contributed by atoms with Gasteiger partial charge in [-0.3, -0.25) is 4.79 Å². The molecule has 0 N–H and O–H groups in total. The number of halogens is 6. The molecule has 0 aliphatic rings. The Hall–Kier alpha value is -0.260. The number of Topliss-reactive ketones (excluding diaryl/α,β-unsaturated/α-hetero) is 1. The minimum absolute atomic E-state index is 0.0115. The van der Waals surface area contributed by atoms with Crippen LogP contribution in [0.25, 0.3) is 0 Å². The van der Waals surface area contributed by atoms with Crippen LogP contribution in [0.15, 0.2) is 16.6 Å². The monoisotopic (exact) mass is 334 g/mol. The highest BCUT2D eigenvalue weighted by Gasteiger charge is 2.32. The maximum atomic E-state index is 12.4. The number of benzene rings is 1. The second kappa shape index (κ2) is 4.94. The van der Waals surface area contributed by atoms with E-state index in [0.29, 0.717) is 6.07 Å². The van der Waals surface area contributed by atoms with Crippen molar-refractivity contribution in [1.82, 2.24) is 0 Å². The molecule has 0 unspecified atom stereocenters. The van der Waals surface area contributed by atoms with Crippen molar-refractivity contribution >= 4 is 44.9 Å². The van der Waals surface area contributed by atoms with Gasteiger partial charge in [0.05, 0.1) is 16.5 Å². The minimum Gasteiger partial charge on any atom is -0.293 e. The predicted molar refractivity (Wildman–Crippen MR) is 59.2 cm³/mol. The Labute approximate surface area is 108 Å². The molecule has 1 aromatic carbocycles. The van der Waals surface area contributed by atoms with E-state index in [2.05, 4.69) is 15.9 Å². The van der Waals surface area contributed by atoms with Crippen molar-refractivity contribution in [1.29, 1.82) is 0 Å². The second-order valence-corrected chi connectivity index (χ2v) is 4.37. The first kappa shape index (κ1) is 13.8. The van der Waals surface area contributed by atoms with Crippen LogP contribution in [0.3, 0.4) is 0 Å². The van der Waals surface area contributed by atoms with E-state index in [9.17, 15) is 18.0 Å². The fourth-order valence-electron chi connectivity index (χ4n) is 1.03. The normalized spacial score (nSPS) is 11.6. The molecule has 0 spiro atoms. The number of carbonyl (C=O) groups is 1. The third-order valence-electron chi connectivity index (χ3n) is 1.78. The van der Waals surface area contributed by atoms with Crippen LogP contribution in [0.1, 0.15) is 15.9 Å². The van der Waals surface area contributed by atoms with Crippen molar-refractivity contribution < 1.29 is 18.0 Å². The number of hydrogen-bond acceptors (Lipinski definition) is 1. The van der Waals surface area contributed by atoms with Crippen molar-refractivity contribution in [2.45, 2.75) is 6.18 Å². The summed E-state index contributed by atoms with van der Waals surface area (Å²) in [5.74, 6) is -1.08. The summed E-state index contributed by atoms with van der Waals surface area (Å²) in [4.78, 5) is 11.3. The molecule has 0 radical (unpaired) electrons. The summed E-state index contributed by atoms with van der Waals surface area (Å²) in [5.41, 5.74) is -1.18. The Kier molecular flexibility index (Phi) is 4.26. The van der Waals surface area contributed by atoms with E-state index in [1.54, 1.807) is 0 Å². The molecule has 1 rings (SSSR count). The van der Waals surface area contributed by atoms with Crippen LogP contribution in [0.4, 0.5) is 13.2 Å². The molecule has 0 aliphatic carbocycles. The zero-order valence-corrected chi connectivity index (χ0v) is 10.6. The summed E-state index contributed by atoms with van der Waals surface area (Å²) < 4.78 is 37.3. The van der Waals surface area contributed by atoms with Gasteiger partial charge in [-0.15, -0.1) is 11.6 Å². The van der Waals surface area contributed by atoms with Crippen LogP contribution in [-0.4, -0.2) is 11.7 Å². The van der Waals surface area contributed by atoms with E-state index in [-0.39, 0.29) is 15.1 Å². The Morgan fingerprint density at radius 1 is 1.38 bits per heavy atom. The van der Waals surface area contributed by atoms with Gasteiger partial charge in [0.2, 0.25) is 0 Å². The molecule has 0 bridgehead atoms. The lowest BCUT2D eigenvalue weighted by molar-refractivity contribution is -0.137. The Morgan fingerprint density at radius 2 is 1.94 bits per heavy atom. The van der Waals surface area contributed by atoms with Crippen molar-refractivity contribution in [3.63, 3.8) is 0 Å². The molecule has 0 amide bonds. The first-order valence-corrected chi connectivity index (χ1v) is 5.63. The molecule has 0 aliphatic heterocycles. The quantitative estimate of drug-likeness (QED) is 0.572. The molecule has 1 aromatic rings. The third-order valence-corrected chi connectivity index (χ3v) is 3.28. The van der Waals surface area contributed by atoms with Gasteiger partial charge in [-0.1, -0.05) is 11.6 Å². The zero-order valence-electron chi connectivity index (χ0n) is 7.54. The summed E-state index contributed by atoms with van der Waals surface area (Å²) in [7, 11) is 0. The van der Waals surface area contributed by atoms with Gasteiger partial charge in [0, 0.05) is 10.0 Å². The molecule has 0 saturated carbocycles. The predicted octanol–water partition coefficient (Wildman–Crippen LogP) is 4.54. The van der Waals surface area contributed by atoms with Gasteiger partial charge in [0.1, 0.15) is 0 Å². The molecule has 0 heterocycles. The second-order valence-electron chi connectivity index (χ2n) is 2.87. The smallest absolute Gasteiger partial charge is 0.293 e. The Morgan fingerprint density at radius 3 is 2.38 bits per heavy atom. The first-order chi connectivity index (χ1) is 7.27. The van der Waals surface area contributed by atoms with Crippen LogP contribution in [-0.2, 0) is 6.18 Å².